The molecule has 1 fully saturated rings. The van der Waals surface area contributed by atoms with Crippen LogP contribution in [0.3, 0.4) is 0 Å². The molecular formula is C14H18O4S. The molecule has 1 aromatic carbocycles. The van der Waals surface area contributed by atoms with Gasteiger partial charge < -0.3 is 9.84 Å². The average Bonchev–Trinajstić information content (AvgIpc) is 2.40. The van der Waals surface area contributed by atoms with Gasteiger partial charge in [0.05, 0.1) is 16.4 Å². The van der Waals surface area contributed by atoms with Gasteiger partial charge in [-0.05, 0) is 43.4 Å². The molecule has 1 unspecified atom stereocenters. The van der Waals surface area contributed by atoms with Crippen LogP contribution in [-0.2, 0) is 15.5 Å². The van der Waals surface area contributed by atoms with Gasteiger partial charge in [0.15, 0.2) is 0 Å². The van der Waals surface area contributed by atoms with Crippen LogP contribution < -0.4 is 0 Å². The van der Waals surface area contributed by atoms with E-state index in [1.807, 2.05) is 0 Å². The fourth-order valence-electron chi connectivity index (χ4n) is 2.20. The van der Waals surface area contributed by atoms with Crippen LogP contribution in [0.15, 0.2) is 23.1 Å². The molecule has 1 aromatic rings. The summed E-state index contributed by atoms with van der Waals surface area (Å²) in [6.45, 7) is 3.21. The summed E-state index contributed by atoms with van der Waals surface area (Å²) in [5.74, 6) is 0.0254. The number of aryl methyl sites for hydroxylation is 1. The lowest BCUT2D eigenvalue weighted by Crippen LogP contribution is -2.21. The van der Waals surface area contributed by atoms with Crippen LogP contribution in [0, 0.1) is 12.8 Å². The quantitative estimate of drug-likeness (QED) is 0.919. The summed E-state index contributed by atoms with van der Waals surface area (Å²) in [7, 11) is -1.13. The molecule has 0 spiro atoms. The molecule has 1 saturated heterocycles. The van der Waals surface area contributed by atoms with E-state index in [4.69, 9.17) is 9.84 Å². The van der Waals surface area contributed by atoms with Crippen molar-refractivity contribution in [3.63, 3.8) is 0 Å². The van der Waals surface area contributed by atoms with Crippen LogP contribution in [0.25, 0.3) is 0 Å². The van der Waals surface area contributed by atoms with Crippen molar-refractivity contribution < 1.29 is 18.8 Å². The van der Waals surface area contributed by atoms with Gasteiger partial charge in [-0.2, -0.15) is 0 Å². The Morgan fingerprint density at radius 3 is 2.74 bits per heavy atom. The molecule has 0 bridgehead atoms. The molecule has 1 heterocycles. The van der Waals surface area contributed by atoms with Crippen molar-refractivity contribution in [3.05, 3.63) is 29.3 Å². The zero-order valence-corrected chi connectivity index (χ0v) is 11.7. The first-order chi connectivity index (χ1) is 9.08. The minimum Gasteiger partial charge on any atom is -0.478 e. The first-order valence-corrected chi connectivity index (χ1v) is 7.70. The van der Waals surface area contributed by atoms with Crippen molar-refractivity contribution >= 4 is 16.8 Å². The molecule has 4 nitrogen and oxygen atoms in total. The largest absolute Gasteiger partial charge is 0.478 e. The molecule has 104 valence electrons. The monoisotopic (exact) mass is 282 g/mol. The third-order valence-corrected chi connectivity index (χ3v) is 4.98. The van der Waals surface area contributed by atoms with Crippen LogP contribution >= 0.6 is 0 Å². The smallest absolute Gasteiger partial charge is 0.335 e. The number of carboxylic acids is 1. The number of hydrogen-bond acceptors (Lipinski definition) is 3. The van der Waals surface area contributed by atoms with E-state index in [0.29, 0.717) is 22.1 Å². The van der Waals surface area contributed by atoms with Crippen molar-refractivity contribution in [2.75, 3.05) is 19.0 Å². The molecule has 0 aromatic heterocycles. The lowest BCUT2D eigenvalue weighted by atomic mass is 10.0. The predicted octanol–water partition coefficient (Wildman–Crippen LogP) is 2.23. The maximum Gasteiger partial charge on any atom is 0.335 e. The van der Waals surface area contributed by atoms with Crippen molar-refractivity contribution in [2.24, 2.45) is 5.92 Å². The third-order valence-electron chi connectivity index (χ3n) is 3.43. The van der Waals surface area contributed by atoms with Crippen LogP contribution in [0.1, 0.15) is 28.8 Å². The van der Waals surface area contributed by atoms with Crippen LogP contribution in [0.4, 0.5) is 0 Å². The summed E-state index contributed by atoms with van der Waals surface area (Å²) < 4.78 is 17.6. The number of rotatable bonds is 4. The van der Waals surface area contributed by atoms with Crippen molar-refractivity contribution in [1.82, 2.24) is 0 Å². The lowest BCUT2D eigenvalue weighted by Gasteiger charge is -2.21. The molecule has 19 heavy (non-hydrogen) atoms. The van der Waals surface area contributed by atoms with Gasteiger partial charge in [0.2, 0.25) is 0 Å². The maximum absolute atomic E-state index is 12.3. The first kappa shape index (κ1) is 14.2. The summed E-state index contributed by atoms with van der Waals surface area (Å²) in [5.41, 5.74) is 0.928. The predicted molar refractivity (Wildman–Crippen MR) is 73.0 cm³/mol. The number of aromatic carboxylic acids is 1. The highest BCUT2D eigenvalue weighted by molar-refractivity contribution is 7.85. The van der Waals surface area contributed by atoms with Gasteiger partial charge in [-0.15, -0.1) is 0 Å². The number of hydrogen-bond donors (Lipinski definition) is 1. The van der Waals surface area contributed by atoms with Gasteiger partial charge in [0, 0.05) is 23.9 Å². The van der Waals surface area contributed by atoms with Gasteiger partial charge in [-0.25, -0.2) is 4.79 Å². The summed E-state index contributed by atoms with van der Waals surface area (Å²) >= 11 is 0. The maximum atomic E-state index is 12.3. The Bertz CT molecular complexity index is 492. The van der Waals surface area contributed by atoms with Gasteiger partial charge in [0.1, 0.15) is 0 Å². The Balaban J connectivity index is 2.10. The van der Waals surface area contributed by atoms with E-state index in [9.17, 15) is 9.00 Å². The Labute approximate surface area is 115 Å². The third kappa shape index (κ3) is 3.64. The molecule has 5 heteroatoms. The minimum absolute atomic E-state index is 0.234. The highest BCUT2D eigenvalue weighted by atomic mass is 32.2. The first-order valence-electron chi connectivity index (χ1n) is 6.38. The summed E-state index contributed by atoms with van der Waals surface area (Å²) in [5, 5.41) is 9.08. The fraction of sp³-hybridized carbons (Fsp3) is 0.500. The number of ether oxygens (including phenoxy) is 1. The van der Waals surface area contributed by atoms with E-state index in [1.54, 1.807) is 19.1 Å². The van der Waals surface area contributed by atoms with Crippen LogP contribution in [0.5, 0.6) is 0 Å². The van der Waals surface area contributed by atoms with Gasteiger partial charge in [-0.1, -0.05) is 6.07 Å². The Hall–Kier alpha value is -1.20. The topological polar surface area (TPSA) is 63.6 Å². The average molecular weight is 282 g/mol. The van der Waals surface area contributed by atoms with Gasteiger partial charge in [-0.3, -0.25) is 4.21 Å². The van der Waals surface area contributed by atoms with E-state index in [0.717, 1.165) is 26.1 Å². The highest BCUT2D eigenvalue weighted by Gasteiger charge is 2.18. The second-order valence-electron chi connectivity index (χ2n) is 4.85. The summed E-state index contributed by atoms with van der Waals surface area (Å²) in [4.78, 5) is 11.7. The van der Waals surface area contributed by atoms with E-state index in [2.05, 4.69) is 0 Å². The molecule has 0 aliphatic carbocycles. The number of benzene rings is 1. The van der Waals surface area contributed by atoms with E-state index in [1.165, 1.54) is 6.07 Å². The molecule has 1 aliphatic rings. The number of carboxylic acid groups (broad SMARTS) is 1. The van der Waals surface area contributed by atoms with Crippen molar-refractivity contribution in [1.29, 1.82) is 0 Å². The molecule has 2 rings (SSSR count). The SMILES string of the molecule is Cc1ccc(S(=O)CC2CCOCC2)cc1C(=O)O. The molecule has 0 radical (unpaired) electrons. The molecule has 1 N–H and O–H groups in total. The van der Waals surface area contributed by atoms with Crippen molar-refractivity contribution in [3.8, 4) is 0 Å². The van der Waals surface area contributed by atoms with Gasteiger partial charge in [0.25, 0.3) is 0 Å². The second-order valence-corrected chi connectivity index (χ2v) is 6.35. The highest BCUT2D eigenvalue weighted by Crippen LogP contribution is 2.20. The van der Waals surface area contributed by atoms with E-state index < -0.39 is 16.8 Å². The van der Waals surface area contributed by atoms with Crippen LogP contribution in [-0.4, -0.2) is 34.3 Å². The number of carbonyl (C=O) groups is 1. The zero-order valence-electron chi connectivity index (χ0n) is 10.9. The minimum atomic E-state index is -1.13. The van der Waals surface area contributed by atoms with Gasteiger partial charge >= 0.3 is 5.97 Å². The van der Waals surface area contributed by atoms with E-state index >= 15 is 0 Å². The second kappa shape index (κ2) is 6.30. The zero-order chi connectivity index (χ0) is 13.8. The summed E-state index contributed by atoms with van der Waals surface area (Å²) in [6.07, 6.45) is 1.87. The normalized spacial score (nSPS) is 18.2. The fourth-order valence-corrected chi connectivity index (χ4v) is 3.62. The summed E-state index contributed by atoms with van der Waals surface area (Å²) in [6, 6.07) is 5.02. The molecular weight excluding hydrogens is 264 g/mol. The standard InChI is InChI=1S/C14H18O4S/c1-10-2-3-12(8-13(10)14(15)16)19(17)9-11-4-6-18-7-5-11/h2-3,8,11H,4-7,9H2,1H3,(H,15,16). The van der Waals surface area contributed by atoms with E-state index in [-0.39, 0.29) is 5.56 Å². The molecule has 1 aliphatic heterocycles. The van der Waals surface area contributed by atoms with Crippen LogP contribution in [0.2, 0.25) is 0 Å². The van der Waals surface area contributed by atoms with Crippen molar-refractivity contribution in [2.45, 2.75) is 24.7 Å². The Kier molecular flexibility index (Phi) is 4.71. The molecule has 0 saturated carbocycles. The molecule has 1 atom stereocenters. The molecule has 0 amide bonds. The Morgan fingerprint density at radius 1 is 1.42 bits per heavy atom. The Morgan fingerprint density at radius 2 is 2.11 bits per heavy atom. The lowest BCUT2D eigenvalue weighted by molar-refractivity contribution is 0.0695.